The fraction of sp³-hybridized carbons (Fsp3) is 0.200. The van der Waals surface area contributed by atoms with Crippen molar-refractivity contribution >= 4 is 41.7 Å². The number of rotatable bonds is 3. The Kier molecular flexibility index (Phi) is 4.41. The summed E-state index contributed by atoms with van der Waals surface area (Å²) in [5.74, 6) is -1.69. The van der Waals surface area contributed by atoms with Crippen LogP contribution in [-0.4, -0.2) is 39.3 Å². The molecular weight excluding hydrogens is 319 g/mol. The van der Waals surface area contributed by atoms with Gasteiger partial charge in [0.2, 0.25) is 0 Å². The molecule has 0 saturated heterocycles. The second kappa shape index (κ2) is 5.48. The Morgan fingerprint density at radius 3 is 2.05 bits per heavy atom. The third-order valence-electron chi connectivity index (χ3n) is 2.03. The normalized spacial score (nSPS) is 10.9. The summed E-state index contributed by atoms with van der Waals surface area (Å²) < 4.78 is 29.0. The maximum absolute atomic E-state index is 11.3. The van der Waals surface area contributed by atoms with E-state index in [2.05, 4.69) is 10.6 Å². The van der Waals surface area contributed by atoms with Crippen LogP contribution in [0.1, 0.15) is 13.8 Å². The molecule has 0 aliphatic heterocycles. The summed E-state index contributed by atoms with van der Waals surface area (Å²) >= 11 is -5.40. The van der Waals surface area contributed by atoms with Crippen LogP contribution in [0.5, 0.6) is 5.75 Å². The van der Waals surface area contributed by atoms with Gasteiger partial charge in [-0.2, -0.15) is 0 Å². The molecule has 0 radical (unpaired) electrons. The monoisotopic (exact) mass is 332 g/mol. The van der Waals surface area contributed by atoms with Crippen molar-refractivity contribution in [3.8, 4) is 5.75 Å². The maximum atomic E-state index is 11.3. The standard InChI is InChI=1S/C10H13AsN2O6/c1-5(14)12-7-3-8(11(17,18)19)10(16)9(4-7)13-6(2)15/h3-4,16H,1-2H3,(H,12,14)(H,13,15)(H2,17,18,19). The summed E-state index contributed by atoms with van der Waals surface area (Å²) in [5.41, 5.74) is -0.118. The molecule has 0 atom stereocenters. The van der Waals surface area contributed by atoms with Crippen molar-refractivity contribution in [3.05, 3.63) is 12.1 Å². The summed E-state index contributed by atoms with van der Waals surface area (Å²) in [6.07, 6.45) is 0. The van der Waals surface area contributed by atoms with Gasteiger partial charge in [-0.05, 0) is 0 Å². The Bertz CT molecular complexity index is 580. The average molecular weight is 332 g/mol. The fourth-order valence-electron chi connectivity index (χ4n) is 1.40. The van der Waals surface area contributed by atoms with Gasteiger partial charge in [0.15, 0.2) is 0 Å². The van der Waals surface area contributed by atoms with Gasteiger partial charge in [0, 0.05) is 0 Å². The topological polar surface area (TPSA) is 136 Å². The minimum absolute atomic E-state index is 0.0637. The molecule has 0 unspecified atom stereocenters. The molecule has 1 rings (SSSR count). The number of aromatic hydroxyl groups is 1. The number of hydrogen-bond donors (Lipinski definition) is 5. The van der Waals surface area contributed by atoms with Gasteiger partial charge >= 0.3 is 111 Å². The zero-order valence-electron chi connectivity index (χ0n) is 10.2. The fourth-order valence-corrected chi connectivity index (χ4v) is 2.88. The number of carbonyl (C=O) groups is 2. The van der Waals surface area contributed by atoms with Crippen molar-refractivity contribution in [3.63, 3.8) is 0 Å². The van der Waals surface area contributed by atoms with Crippen molar-refractivity contribution in [1.29, 1.82) is 0 Å². The van der Waals surface area contributed by atoms with Crippen LogP contribution >= 0.6 is 0 Å². The Hall–Kier alpha value is -1.76. The number of carbonyl (C=O) groups excluding carboxylic acids is 2. The van der Waals surface area contributed by atoms with Gasteiger partial charge in [-0.1, -0.05) is 0 Å². The molecule has 0 aliphatic rings. The first-order chi connectivity index (χ1) is 8.61. The van der Waals surface area contributed by atoms with Crippen LogP contribution in [0.4, 0.5) is 11.4 Å². The van der Waals surface area contributed by atoms with Crippen molar-refractivity contribution in [2.24, 2.45) is 0 Å². The second-order valence-corrected chi connectivity index (χ2v) is 7.09. The molecule has 0 saturated carbocycles. The summed E-state index contributed by atoms with van der Waals surface area (Å²) in [6, 6.07) is 2.18. The van der Waals surface area contributed by atoms with Crippen LogP contribution < -0.4 is 15.0 Å². The average Bonchev–Trinajstić information content (AvgIpc) is 2.19. The first-order valence-electron chi connectivity index (χ1n) is 5.09. The molecule has 1 aromatic carbocycles. The first-order valence-corrected chi connectivity index (χ1v) is 8.48. The first kappa shape index (κ1) is 15.3. The zero-order chi connectivity index (χ0) is 14.8. The molecule has 1 aromatic rings. The van der Waals surface area contributed by atoms with Crippen LogP contribution in [0, 0.1) is 0 Å². The number of amides is 2. The van der Waals surface area contributed by atoms with E-state index in [0.29, 0.717) is 0 Å². The number of hydrogen-bond acceptors (Lipinski definition) is 4. The van der Waals surface area contributed by atoms with E-state index >= 15 is 0 Å². The number of phenolic OH excluding ortho intramolecular Hbond substituents is 1. The van der Waals surface area contributed by atoms with Gasteiger partial charge < -0.3 is 0 Å². The molecule has 0 heterocycles. The third-order valence-corrected chi connectivity index (χ3v) is 4.07. The van der Waals surface area contributed by atoms with Crippen LogP contribution in [0.15, 0.2) is 12.1 Å². The van der Waals surface area contributed by atoms with E-state index in [-0.39, 0.29) is 11.4 Å². The van der Waals surface area contributed by atoms with E-state index in [1.54, 1.807) is 0 Å². The van der Waals surface area contributed by atoms with Crippen LogP contribution in [-0.2, 0) is 13.3 Å². The molecule has 0 spiro atoms. The van der Waals surface area contributed by atoms with Gasteiger partial charge in [0.25, 0.3) is 0 Å². The van der Waals surface area contributed by atoms with Gasteiger partial charge in [-0.15, -0.1) is 0 Å². The van der Waals surface area contributed by atoms with E-state index in [1.807, 2.05) is 0 Å². The Morgan fingerprint density at radius 1 is 1.11 bits per heavy atom. The van der Waals surface area contributed by atoms with E-state index in [1.165, 1.54) is 19.9 Å². The van der Waals surface area contributed by atoms with Crippen LogP contribution in [0.25, 0.3) is 0 Å². The van der Waals surface area contributed by atoms with E-state index in [0.717, 1.165) is 6.07 Å². The molecule has 0 aromatic heterocycles. The number of benzene rings is 1. The zero-order valence-corrected chi connectivity index (χ0v) is 12.0. The SMILES string of the molecule is CC(=O)Nc1cc(NC(C)=O)c(O)c([As](=O)(O)O)c1. The van der Waals surface area contributed by atoms with E-state index < -0.39 is 36.1 Å². The Morgan fingerprint density at radius 2 is 1.63 bits per heavy atom. The van der Waals surface area contributed by atoms with Gasteiger partial charge in [-0.3, -0.25) is 0 Å². The van der Waals surface area contributed by atoms with Gasteiger partial charge in [-0.25, -0.2) is 0 Å². The molecular formula is C10H13AsN2O6. The number of nitrogens with one attached hydrogen (secondary N) is 2. The van der Waals surface area contributed by atoms with E-state index in [4.69, 9.17) is 0 Å². The molecule has 8 nitrogen and oxygen atoms in total. The Labute approximate surface area is 111 Å². The summed E-state index contributed by atoms with van der Waals surface area (Å²) in [5, 5.41) is 14.3. The summed E-state index contributed by atoms with van der Waals surface area (Å²) in [6.45, 7) is 2.39. The molecule has 0 bridgehead atoms. The molecule has 9 heteroatoms. The summed E-state index contributed by atoms with van der Waals surface area (Å²) in [7, 11) is 0. The molecule has 5 N–H and O–H groups in total. The van der Waals surface area contributed by atoms with Crippen LogP contribution in [0.3, 0.4) is 0 Å². The number of anilines is 2. The van der Waals surface area contributed by atoms with Crippen molar-refractivity contribution in [1.82, 2.24) is 0 Å². The van der Waals surface area contributed by atoms with Crippen molar-refractivity contribution in [2.75, 3.05) is 10.6 Å². The molecule has 0 aliphatic carbocycles. The van der Waals surface area contributed by atoms with Crippen molar-refractivity contribution < 1.29 is 26.6 Å². The minimum atomic E-state index is -5.40. The molecule has 19 heavy (non-hydrogen) atoms. The van der Waals surface area contributed by atoms with Gasteiger partial charge in [0.1, 0.15) is 0 Å². The predicted molar refractivity (Wildman–Crippen MR) is 67.2 cm³/mol. The van der Waals surface area contributed by atoms with Crippen molar-refractivity contribution in [2.45, 2.75) is 13.8 Å². The number of phenols is 1. The predicted octanol–water partition coefficient (Wildman–Crippen LogP) is -1.13. The quantitative estimate of drug-likeness (QED) is 0.270. The molecule has 104 valence electrons. The van der Waals surface area contributed by atoms with Crippen LogP contribution in [0.2, 0.25) is 0 Å². The molecule has 2 amide bonds. The third kappa shape index (κ3) is 4.13. The molecule has 0 fully saturated rings. The van der Waals surface area contributed by atoms with E-state index in [9.17, 15) is 26.6 Å². The summed E-state index contributed by atoms with van der Waals surface area (Å²) in [4.78, 5) is 21.9. The second-order valence-electron chi connectivity index (χ2n) is 3.80. The van der Waals surface area contributed by atoms with Gasteiger partial charge in [0.05, 0.1) is 0 Å². The Balaban J connectivity index is 3.42.